The van der Waals surface area contributed by atoms with E-state index in [0.29, 0.717) is 24.0 Å². The molecule has 0 amide bonds. The van der Waals surface area contributed by atoms with Crippen molar-refractivity contribution in [1.29, 1.82) is 0 Å². The van der Waals surface area contributed by atoms with Crippen molar-refractivity contribution in [3.63, 3.8) is 0 Å². The Labute approximate surface area is 201 Å². The minimum absolute atomic E-state index is 0.198. The maximum Gasteiger partial charge on any atom is 0.161 e. The molecule has 1 fully saturated rings. The van der Waals surface area contributed by atoms with E-state index in [9.17, 15) is 0 Å². The largest absolute Gasteiger partial charge is 0.493 e. The van der Waals surface area contributed by atoms with Gasteiger partial charge in [0.2, 0.25) is 0 Å². The molecule has 0 bridgehead atoms. The van der Waals surface area contributed by atoms with Gasteiger partial charge >= 0.3 is 0 Å². The first kappa shape index (κ1) is 22.6. The molecule has 0 N–H and O–H groups in total. The summed E-state index contributed by atoms with van der Waals surface area (Å²) in [6, 6.07) is 20.5. The average Bonchev–Trinajstić information content (AvgIpc) is 2.91. The van der Waals surface area contributed by atoms with Gasteiger partial charge in [0, 0.05) is 5.92 Å². The molecule has 3 atom stereocenters. The van der Waals surface area contributed by atoms with E-state index in [0.717, 1.165) is 41.0 Å². The van der Waals surface area contributed by atoms with Crippen molar-refractivity contribution in [1.82, 2.24) is 0 Å². The summed E-state index contributed by atoms with van der Waals surface area (Å²) in [7, 11) is 5.04. The fraction of sp³-hybridized carbons (Fsp3) is 0.379. The molecule has 0 aromatic heterocycles. The first-order valence-corrected chi connectivity index (χ1v) is 12.0. The van der Waals surface area contributed by atoms with Gasteiger partial charge in [0.25, 0.3) is 0 Å². The van der Waals surface area contributed by atoms with Crippen molar-refractivity contribution in [2.45, 2.75) is 50.4 Å². The van der Waals surface area contributed by atoms with Crippen molar-refractivity contribution >= 4 is 0 Å². The van der Waals surface area contributed by atoms with E-state index in [2.05, 4.69) is 30.3 Å². The van der Waals surface area contributed by atoms with Crippen LogP contribution in [0.5, 0.6) is 23.0 Å². The summed E-state index contributed by atoms with van der Waals surface area (Å²) in [5, 5.41) is 0. The van der Waals surface area contributed by atoms with Gasteiger partial charge in [-0.05, 0) is 59.4 Å². The second-order valence-electron chi connectivity index (χ2n) is 8.97. The van der Waals surface area contributed by atoms with Crippen LogP contribution in [-0.2, 0) is 11.3 Å². The molecule has 1 saturated carbocycles. The van der Waals surface area contributed by atoms with Gasteiger partial charge in [-0.1, -0.05) is 49.2 Å². The normalized spacial score (nSPS) is 21.2. The fourth-order valence-corrected chi connectivity index (χ4v) is 5.28. The molecule has 5 rings (SSSR count). The van der Waals surface area contributed by atoms with Gasteiger partial charge in [-0.3, -0.25) is 0 Å². The van der Waals surface area contributed by atoms with Crippen molar-refractivity contribution in [2.24, 2.45) is 0 Å². The summed E-state index contributed by atoms with van der Waals surface area (Å²) in [4.78, 5) is 0. The van der Waals surface area contributed by atoms with Gasteiger partial charge in [-0.2, -0.15) is 0 Å². The van der Waals surface area contributed by atoms with Gasteiger partial charge in [-0.25, -0.2) is 0 Å². The van der Waals surface area contributed by atoms with E-state index in [-0.39, 0.29) is 12.2 Å². The van der Waals surface area contributed by atoms with Crippen LogP contribution in [0.1, 0.15) is 60.0 Å². The molecular weight excluding hydrogens is 428 g/mol. The Morgan fingerprint density at radius 1 is 0.735 bits per heavy atom. The molecular formula is C29H32O5. The third-order valence-corrected chi connectivity index (χ3v) is 7.01. The Kier molecular flexibility index (Phi) is 6.63. The Balaban J connectivity index is 1.50. The first-order chi connectivity index (χ1) is 16.7. The van der Waals surface area contributed by atoms with Gasteiger partial charge in [0.1, 0.15) is 12.7 Å². The Morgan fingerprint density at radius 2 is 1.41 bits per heavy atom. The third-order valence-electron chi connectivity index (χ3n) is 7.01. The zero-order valence-electron chi connectivity index (χ0n) is 20.1. The molecule has 0 radical (unpaired) electrons. The lowest BCUT2D eigenvalue weighted by Crippen LogP contribution is -2.33. The predicted octanol–water partition coefficient (Wildman–Crippen LogP) is 6.44. The fourth-order valence-electron chi connectivity index (χ4n) is 5.28. The molecule has 3 unspecified atom stereocenters. The third kappa shape index (κ3) is 4.32. The van der Waals surface area contributed by atoms with Crippen molar-refractivity contribution in [3.05, 3.63) is 82.9 Å². The van der Waals surface area contributed by atoms with E-state index >= 15 is 0 Å². The zero-order chi connectivity index (χ0) is 23.5. The zero-order valence-corrected chi connectivity index (χ0v) is 20.1. The highest BCUT2D eigenvalue weighted by molar-refractivity contribution is 5.54. The maximum atomic E-state index is 6.75. The molecule has 34 heavy (non-hydrogen) atoms. The van der Waals surface area contributed by atoms with Crippen LogP contribution >= 0.6 is 0 Å². The standard InChI is InChI=1S/C29H32O5/c1-30-26-15-20(13-14-25(26)33-18-19-9-5-4-6-10-19)29-23-17-28(32-3)27(31-2)16-22(23)21-11-7-8-12-24(21)34-29/h4-6,9-10,13-17,21,24,29H,7-8,11-12,18H2,1-3H3. The van der Waals surface area contributed by atoms with E-state index < -0.39 is 0 Å². The number of benzene rings is 3. The van der Waals surface area contributed by atoms with Crippen LogP contribution in [0.4, 0.5) is 0 Å². The van der Waals surface area contributed by atoms with E-state index in [1.807, 2.05) is 30.3 Å². The van der Waals surface area contributed by atoms with Crippen molar-refractivity contribution < 1.29 is 23.7 Å². The minimum atomic E-state index is -0.203. The summed E-state index contributed by atoms with van der Waals surface area (Å²) in [5.41, 5.74) is 4.60. The number of fused-ring (bicyclic) bond motifs is 3. The lowest BCUT2D eigenvalue weighted by Gasteiger charge is -2.41. The molecule has 3 aromatic rings. The van der Waals surface area contributed by atoms with Crippen molar-refractivity contribution in [2.75, 3.05) is 21.3 Å². The molecule has 0 spiro atoms. The van der Waals surface area contributed by atoms with Crippen LogP contribution in [0.15, 0.2) is 60.7 Å². The minimum Gasteiger partial charge on any atom is -0.493 e. The first-order valence-electron chi connectivity index (χ1n) is 12.0. The maximum absolute atomic E-state index is 6.75. The van der Waals surface area contributed by atoms with E-state index in [4.69, 9.17) is 23.7 Å². The topological polar surface area (TPSA) is 46.2 Å². The smallest absolute Gasteiger partial charge is 0.161 e. The highest BCUT2D eigenvalue weighted by atomic mass is 16.5. The SMILES string of the molecule is COc1cc2c(cc1OC)C1CCCCC1OC2c1ccc(OCc2ccccc2)c(OC)c1. The summed E-state index contributed by atoms with van der Waals surface area (Å²) in [5.74, 6) is 3.29. The average molecular weight is 461 g/mol. The molecule has 5 heteroatoms. The Morgan fingerprint density at radius 3 is 2.15 bits per heavy atom. The van der Waals surface area contributed by atoms with Gasteiger partial charge in [0.15, 0.2) is 23.0 Å². The molecule has 2 aliphatic rings. The van der Waals surface area contributed by atoms with Crippen LogP contribution < -0.4 is 18.9 Å². The lowest BCUT2D eigenvalue weighted by molar-refractivity contribution is -0.0391. The molecule has 3 aromatic carbocycles. The van der Waals surface area contributed by atoms with Crippen molar-refractivity contribution in [3.8, 4) is 23.0 Å². The molecule has 0 saturated heterocycles. The van der Waals surface area contributed by atoms with E-state index in [1.165, 1.54) is 18.4 Å². The number of rotatable bonds is 7. The Hall–Kier alpha value is -3.18. The number of ether oxygens (including phenoxy) is 5. The van der Waals surface area contributed by atoms with Crippen LogP contribution in [0.25, 0.3) is 0 Å². The molecule has 5 nitrogen and oxygen atoms in total. The van der Waals surface area contributed by atoms with Gasteiger partial charge in [0.05, 0.1) is 27.4 Å². The molecule has 1 aliphatic heterocycles. The van der Waals surface area contributed by atoms with Gasteiger partial charge < -0.3 is 23.7 Å². The van der Waals surface area contributed by atoms with Crippen LogP contribution in [0, 0.1) is 0 Å². The monoisotopic (exact) mass is 460 g/mol. The summed E-state index contributed by atoms with van der Waals surface area (Å²) >= 11 is 0. The quantitative estimate of drug-likeness (QED) is 0.406. The predicted molar refractivity (Wildman–Crippen MR) is 131 cm³/mol. The van der Waals surface area contributed by atoms with Crippen LogP contribution in [0.2, 0.25) is 0 Å². The lowest BCUT2D eigenvalue weighted by atomic mass is 9.76. The Bertz CT molecular complexity index is 1130. The number of hydrogen-bond acceptors (Lipinski definition) is 5. The van der Waals surface area contributed by atoms with Gasteiger partial charge in [-0.15, -0.1) is 0 Å². The molecule has 1 aliphatic carbocycles. The molecule has 178 valence electrons. The highest BCUT2D eigenvalue weighted by Gasteiger charge is 2.39. The summed E-state index contributed by atoms with van der Waals surface area (Å²) in [6.45, 7) is 0.486. The molecule has 1 heterocycles. The highest BCUT2D eigenvalue weighted by Crippen LogP contribution is 2.50. The second-order valence-corrected chi connectivity index (χ2v) is 8.97. The number of methoxy groups -OCH3 is 3. The summed E-state index contributed by atoms with van der Waals surface area (Å²) < 4.78 is 29.8. The summed E-state index contributed by atoms with van der Waals surface area (Å²) in [6.07, 6.45) is 4.63. The second kappa shape index (κ2) is 9.98. The van der Waals surface area contributed by atoms with E-state index in [1.54, 1.807) is 21.3 Å². The number of hydrogen-bond donors (Lipinski definition) is 0. The van der Waals surface area contributed by atoms with Crippen LogP contribution in [0.3, 0.4) is 0 Å². The van der Waals surface area contributed by atoms with Crippen LogP contribution in [-0.4, -0.2) is 27.4 Å².